The highest BCUT2D eigenvalue weighted by Gasteiger charge is 2.19. The van der Waals surface area contributed by atoms with Gasteiger partial charge in [-0.25, -0.2) is 4.79 Å². The van der Waals surface area contributed by atoms with Gasteiger partial charge in [-0.1, -0.05) is 11.6 Å². The highest BCUT2D eigenvalue weighted by molar-refractivity contribution is 6.37. The summed E-state index contributed by atoms with van der Waals surface area (Å²) in [7, 11) is 0. The third kappa shape index (κ3) is 3.87. The van der Waals surface area contributed by atoms with E-state index in [4.69, 9.17) is 9.94 Å². The Labute approximate surface area is 89.7 Å². The molecule has 0 atom stereocenters. The molecular formula is C10H18N2O3. The van der Waals surface area contributed by atoms with Gasteiger partial charge < -0.3 is 9.94 Å². The molecule has 0 aromatic heterocycles. The second-order valence-electron chi connectivity index (χ2n) is 3.60. The Morgan fingerprint density at radius 1 is 1.40 bits per heavy atom. The molecule has 1 saturated heterocycles. The summed E-state index contributed by atoms with van der Waals surface area (Å²) >= 11 is 0. The first kappa shape index (κ1) is 12.0. The van der Waals surface area contributed by atoms with Gasteiger partial charge >= 0.3 is 5.97 Å². The minimum absolute atomic E-state index is 0.0961. The number of carbonyl (C=O) groups excluding carboxylic acids is 1. The quantitative estimate of drug-likeness (QED) is 0.326. The Balaban J connectivity index is 2.42. The summed E-state index contributed by atoms with van der Waals surface area (Å²) in [6, 6.07) is 0. The summed E-state index contributed by atoms with van der Waals surface area (Å²) in [5.41, 5.74) is 0.0961. The standard InChI is InChI=1S/C10H18N2O3/c1-2-15-10(13)9(11-14)8-12-6-4-3-5-7-12/h14H,2-8H2,1H3. The van der Waals surface area contributed by atoms with Crippen molar-refractivity contribution < 1.29 is 14.7 Å². The molecule has 1 heterocycles. The first-order chi connectivity index (χ1) is 7.27. The van der Waals surface area contributed by atoms with Crippen LogP contribution in [0.25, 0.3) is 0 Å². The Morgan fingerprint density at radius 3 is 2.60 bits per heavy atom. The number of likely N-dealkylation sites (tertiary alicyclic amines) is 1. The third-order valence-electron chi connectivity index (χ3n) is 2.45. The molecule has 0 aromatic carbocycles. The van der Waals surface area contributed by atoms with Gasteiger partial charge in [-0.15, -0.1) is 0 Å². The first-order valence-electron chi connectivity index (χ1n) is 5.38. The van der Waals surface area contributed by atoms with Gasteiger partial charge in [0.1, 0.15) is 0 Å². The van der Waals surface area contributed by atoms with Gasteiger partial charge in [0.05, 0.1) is 13.2 Å². The van der Waals surface area contributed by atoms with Crippen LogP contribution in [0, 0.1) is 0 Å². The Kier molecular flexibility index (Phi) is 5.10. The summed E-state index contributed by atoms with van der Waals surface area (Å²) in [4.78, 5) is 13.4. The Bertz CT molecular complexity index is 235. The molecule has 1 rings (SSSR count). The lowest BCUT2D eigenvalue weighted by Crippen LogP contribution is -2.37. The van der Waals surface area contributed by atoms with Gasteiger partial charge in [0, 0.05) is 0 Å². The molecule has 15 heavy (non-hydrogen) atoms. The van der Waals surface area contributed by atoms with Crippen molar-refractivity contribution in [3.8, 4) is 0 Å². The second-order valence-corrected chi connectivity index (χ2v) is 3.60. The van der Waals surface area contributed by atoms with Crippen molar-refractivity contribution in [3.63, 3.8) is 0 Å². The molecular weight excluding hydrogens is 196 g/mol. The SMILES string of the molecule is CCOC(=O)C(CN1CCCCC1)=NO. The van der Waals surface area contributed by atoms with Crippen LogP contribution in [-0.2, 0) is 9.53 Å². The fraction of sp³-hybridized carbons (Fsp3) is 0.800. The summed E-state index contributed by atoms with van der Waals surface area (Å²) in [5.74, 6) is -0.523. The maximum Gasteiger partial charge on any atom is 0.357 e. The average Bonchev–Trinajstić information content (AvgIpc) is 2.27. The van der Waals surface area contributed by atoms with Crippen LogP contribution in [0.15, 0.2) is 5.16 Å². The van der Waals surface area contributed by atoms with Crippen LogP contribution in [0.4, 0.5) is 0 Å². The smallest absolute Gasteiger partial charge is 0.357 e. The van der Waals surface area contributed by atoms with Crippen LogP contribution in [0.3, 0.4) is 0 Å². The molecule has 0 unspecified atom stereocenters. The number of carbonyl (C=O) groups is 1. The van der Waals surface area contributed by atoms with E-state index in [2.05, 4.69) is 10.1 Å². The fourth-order valence-corrected chi connectivity index (χ4v) is 1.68. The van der Waals surface area contributed by atoms with Crippen molar-refractivity contribution in [3.05, 3.63) is 0 Å². The van der Waals surface area contributed by atoms with Crippen molar-refractivity contribution >= 4 is 11.7 Å². The van der Waals surface area contributed by atoms with Crippen LogP contribution >= 0.6 is 0 Å². The lowest BCUT2D eigenvalue weighted by atomic mass is 10.1. The molecule has 1 N–H and O–H groups in total. The van der Waals surface area contributed by atoms with Gasteiger partial charge in [0.2, 0.25) is 0 Å². The molecule has 0 spiro atoms. The largest absolute Gasteiger partial charge is 0.461 e. The van der Waals surface area contributed by atoms with Gasteiger partial charge in [-0.3, -0.25) is 4.90 Å². The molecule has 5 nitrogen and oxygen atoms in total. The molecule has 86 valence electrons. The number of nitrogens with zero attached hydrogens (tertiary/aromatic N) is 2. The van der Waals surface area contributed by atoms with E-state index >= 15 is 0 Å². The highest BCUT2D eigenvalue weighted by atomic mass is 16.5. The molecule has 0 amide bonds. The van der Waals surface area contributed by atoms with Crippen LogP contribution in [0.2, 0.25) is 0 Å². The van der Waals surface area contributed by atoms with Crippen molar-refractivity contribution in [2.24, 2.45) is 5.16 Å². The molecule has 5 heteroatoms. The fourth-order valence-electron chi connectivity index (χ4n) is 1.68. The second kappa shape index (κ2) is 6.40. The van der Waals surface area contributed by atoms with Crippen molar-refractivity contribution in [1.82, 2.24) is 4.90 Å². The lowest BCUT2D eigenvalue weighted by molar-refractivity contribution is -0.135. The Morgan fingerprint density at radius 2 is 2.07 bits per heavy atom. The highest BCUT2D eigenvalue weighted by Crippen LogP contribution is 2.08. The predicted molar refractivity (Wildman–Crippen MR) is 56.1 cm³/mol. The summed E-state index contributed by atoms with van der Waals surface area (Å²) < 4.78 is 4.78. The molecule has 1 aliphatic rings. The predicted octanol–water partition coefficient (Wildman–Crippen LogP) is 0.866. The molecule has 0 aliphatic carbocycles. The third-order valence-corrected chi connectivity index (χ3v) is 2.45. The maximum absolute atomic E-state index is 11.3. The van der Waals surface area contributed by atoms with Crippen LogP contribution in [-0.4, -0.2) is 48.0 Å². The first-order valence-corrected chi connectivity index (χ1v) is 5.38. The lowest BCUT2D eigenvalue weighted by Gasteiger charge is -2.25. The van der Waals surface area contributed by atoms with E-state index in [-0.39, 0.29) is 5.71 Å². The van der Waals surface area contributed by atoms with E-state index in [9.17, 15) is 4.79 Å². The summed E-state index contributed by atoms with van der Waals surface area (Å²) in [5, 5.41) is 11.7. The van der Waals surface area contributed by atoms with Crippen LogP contribution < -0.4 is 0 Å². The molecule has 0 saturated carbocycles. The molecule has 0 bridgehead atoms. The number of oxime groups is 1. The van der Waals surface area contributed by atoms with Crippen LogP contribution in [0.1, 0.15) is 26.2 Å². The van der Waals surface area contributed by atoms with E-state index in [0.29, 0.717) is 13.2 Å². The normalized spacial score (nSPS) is 18.9. The van der Waals surface area contributed by atoms with E-state index in [1.54, 1.807) is 6.92 Å². The summed E-state index contributed by atoms with van der Waals surface area (Å²) in [6.07, 6.45) is 3.52. The van der Waals surface area contributed by atoms with Gasteiger partial charge in [-0.2, -0.15) is 0 Å². The van der Waals surface area contributed by atoms with Crippen molar-refractivity contribution in [1.29, 1.82) is 0 Å². The maximum atomic E-state index is 11.3. The monoisotopic (exact) mass is 214 g/mol. The van der Waals surface area contributed by atoms with E-state index < -0.39 is 5.97 Å². The molecule has 1 aliphatic heterocycles. The zero-order valence-electron chi connectivity index (χ0n) is 9.11. The number of ether oxygens (including phenoxy) is 1. The van der Waals surface area contributed by atoms with Gasteiger partial charge in [0.25, 0.3) is 0 Å². The van der Waals surface area contributed by atoms with E-state index in [1.165, 1.54) is 6.42 Å². The molecule has 0 aromatic rings. The van der Waals surface area contributed by atoms with E-state index in [1.807, 2.05) is 0 Å². The van der Waals surface area contributed by atoms with E-state index in [0.717, 1.165) is 25.9 Å². The number of rotatable bonds is 4. The van der Waals surface area contributed by atoms with Crippen LogP contribution in [0.5, 0.6) is 0 Å². The zero-order chi connectivity index (χ0) is 11.1. The molecule has 1 fully saturated rings. The number of esters is 1. The van der Waals surface area contributed by atoms with Crippen molar-refractivity contribution in [2.75, 3.05) is 26.2 Å². The Hall–Kier alpha value is -1.10. The molecule has 0 radical (unpaired) electrons. The minimum Gasteiger partial charge on any atom is -0.461 e. The van der Waals surface area contributed by atoms with Crippen molar-refractivity contribution in [2.45, 2.75) is 26.2 Å². The minimum atomic E-state index is -0.523. The summed E-state index contributed by atoms with van der Waals surface area (Å²) in [6.45, 7) is 4.33. The van der Waals surface area contributed by atoms with Gasteiger partial charge in [-0.05, 0) is 32.9 Å². The topological polar surface area (TPSA) is 62.1 Å². The average molecular weight is 214 g/mol. The number of piperidine rings is 1. The number of hydrogen-bond acceptors (Lipinski definition) is 5. The van der Waals surface area contributed by atoms with Gasteiger partial charge in [0.15, 0.2) is 5.71 Å². The zero-order valence-corrected chi connectivity index (χ0v) is 9.11. The number of hydrogen-bond donors (Lipinski definition) is 1.